The van der Waals surface area contributed by atoms with Gasteiger partial charge in [0.05, 0.1) is 6.54 Å². The normalized spacial score (nSPS) is 10.8. The molecule has 1 amide bonds. The Labute approximate surface area is 132 Å². The van der Waals surface area contributed by atoms with E-state index < -0.39 is 17.5 Å². The first-order valence-electron chi connectivity index (χ1n) is 6.86. The van der Waals surface area contributed by atoms with Crippen molar-refractivity contribution < 1.29 is 13.6 Å². The van der Waals surface area contributed by atoms with Gasteiger partial charge in [-0.3, -0.25) is 4.79 Å². The number of amides is 1. The monoisotopic (exact) mass is 318 g/mol. The Kier molecular flexibility index (Phi) is 5.35. The van der Waals surface area contributed by atoms with Crippen molar-refractivity contribution in [2.45, 2.75) is 6.54 Å². The third-order valence-corrected chi connectivity index (χ3v) is 2.94. The molecule has 1 aromatic heterocycles. The highest BCUT2D eigenvalue weighted by molar-refractivity contribution is 5.91. The molecule has 0 saturated heterocycles. The predicted octanol–water partition coefficient (Wildman–Crippen LogP) is 2.15. The van der Waals surface area contributed by atoms with E-state index in [-0.39, 0.29) is 12.1 Å². The third kappa shape index (κ3) is 4.84. The maximum Gasteiger partial charge on any atom is 0.244 e. The fourth-order valence-corrected chi connectivity index (χ4v) is 1.76. The number of anilines is 1. The lowest BCUT2D eigenvalue weighted by molar-refractivity contribution is -0.116. The lowest BCUT2D eigenvalue weighted by Gasteiger charge is -2.11. The molecule has 7 heteroatoms. The first-order chi connectivity index (χ1) is 11.0. The van der Waals surface area contributed by atoms with Crippen LogP contribution in [0.5, 0.6) is 0 Å². The summed E-state index contributed by atoms with van der Waals surface area (Å²) in [6, 6.07) is 4.79. The standard InChI is InChI=1S/C16H16F2N4O/c1-22(2)15-7-8-19-14(21-15)10-20-16(23)6-3-11-9-12(17)4-5-13(11)18/h3-9H,10H2,1-2H3,(H,20,23)/b6-3+. The molecule has 0 bridgehead atoms. The van der Waals surface area contributed by atoms with Crippen LogP contribution in [0.25, 0.3) is 6.08 Å². The molecule has 0 radical (unpaired) electrons. The van der Waals surface area contributed by atoms with Crippen LogP contribution in [0.2, 0.25) is 0 Å². The number of nitrogens with one attached hydrogen (secondary N) is 1. The van der Waals surface area contributed by atoms with Gasteiger partial charge in [-0.25, -0.2) is 18.7 Å². The zero-order chi connectivity index (χ0) is 16.8. The summed E-state index contributed by atoms with van der Waals surface area (Å²) in [4.78, 5) is 21.8. The van der Waals surface area contributed by atoms with Gasteiger partial charge in [-0.15, -0.1) is 0 Å². The summed E-state index contributed by atoms with van der Waals surface area (Å²) < 4.78 is 26.4. The van der Waals surface area contributed by atoms with Crippen LogP contribution >= 0.6 is 0 Å². The van der Waals surface area contributed by atoms with E-state index in [1.165, 1.54) is 6.08 Å². The molecule has 0 spiro atoms. The van der Waals surface area contributed by atoms with Crippen LogP contribution in [0.15, 0.2) is 36.5 Å². The van der Waals surface area contributed by atoms with Crippen molar-refractivity contribution in [3.05, 3.63) is 59.6 Å². The second-order valence-electron chi connectivity index (χ2n) is 4.94. The van der Waals surface area contributed by atoms with Crippen molar-refractivity contribution in [3.63, 3.8) is 0 Å². The molecule has 0 atom stereocenters. The number of benzene rings is 1. The first kappa shape index (κ1) is 16.5. The van der Waals surface area contributed by atoms with Crippen LogP contribution in [-0.2, 0) is 11.3 Å². The van der Waals surface area contributed by atoms with E-state index in [1.807, 2.05) is 19.0 Å². The maximum atomic E-state index is 13.4. The zero-order valence-corrected chi connectivity index (χ0v) is 12.8. The highest BCUT2D eigenvalue weighted by Crippen LogP contribution is 2.11. The molecular weight excluding hydrogens is 302 g/mol. The second kappa shape index (κ2) is 7.44. The van der Waals surface area contributed by atoms with Crippen LogP contribution in [-0.4, -0.2) is 30.0 Å². The van der Waals surface area contributed by atoms with E-state index in [1.54, 1.807) is 12.3 Å². The van der Waals surface area contributed by atoms with Gasteiger partial charge >= 0.3 is 0 Å². The lowest BCUT2D eigenvalue weighted by atomic mass is 10.2. The van der Waals surface area contributed by atoms with Crippen LogP contribution in [0.3, 0.4) is 0 Å². The van der Waals surface area contributed by atoms with Gasteiger partial charge in [-0.05, 0) is 30.3 Å². The van der Waals surface area contributed by atoms with Gasteiger partial charge in [-0.2, -0.15) is 0 Å². The number of carbonyl (C=O) groups is 1. The van der Waals surface area contributed by atoms with E-state index >= 15 is 0 Å². The molecule has 2 aromatic rings. The topological polar surface area (TPSA) is 58.1 Å². The van der Waals surface area contributed by atoms with Gasteiger partial charge < -0.3 is 10.2 Å². The minimum absolute atomic E-state index is 0.00556. The Balaban J connectivity index is 1.96. The molecule has 0 aliphatic heterocycles. The summed E-state index contributed by atoms with van der Waals surface area (Å²) in [5.41, 5.74) is 0.00556. The molecule has 0 saturated carbocycles. The highest BCUT2D eigenvalue weighted by Gasteiger charge is 2.04. The Hall–Kier alpha value is -2.83. The molecule has 0 aliphatic carbocycles. The van der Waals surface area contributed by atoms with Gasteiger partial charge in [-0.1, -0.05) is 0 Å². The average molecular weight is 318 g/mol. The van der Waals surface area contributed by atoms with E-state index in [2.05, 4.69) is 15.3 Å². The third-order valence-electron chi connectivity index (χ3n) is 2.94. The van der Waals surface area contributed by atoms with Crippen LogP contribution in [0, 0.1) is 11.6 Å². The van der Waals surface area contributed by atoms with E-state index in [0.717, 1.165) is 30.1 Å². The number of rotatable bonds is 5. The first-order valence-corrected chi connectivity index (χ1v) is 6.86. The van der Waals surface area contributed by atoms with E-state index in [9.17, 15) is 13.6 Å². The summed E-state index contributed by atoms with van der Waals surface area (Å²) in [6.45, 7) is 0.135. The summed E-state index contributed by atoms with van der Waals surface area (Å²) >= 11 is 0. The average Bonchev–Trinajstić information content (AvgIpc) is 2.54. The Bertz CT molecular complexity index is 732. The largest absolute Gasteiger partial charge is 0.363 e. The van der Waals surface area contributed by atoms with Crippen LogP contribution in [0.4, 0.5) is 14.6 Å². The van der Waals surface area contributed by atoms with Gasteiger partial charge in [0.2, 0.25) is 5.91 Å². The van der Waals surface area contributed by atoms with Crippen molar-refractivity contribution in [2.24, 2.45) is 0 Å². The lowest BCUT2D eigenvalue weighted by Crippen LogP contribution is -2.22. The Morgan fingerprint density at radius 2 is 2.09 bits per heavy atom. The molecule has 120 valence electrons. The summed E-state index contributed by atoms with van der Waals surface area (Å²) in [6.07, 6.45) is 3.94. The van der Waals surface area contributed by atoms with Gasteiger partial charge in [0.1, 0.15) is 23.3 Å². The Morgan fingerprint density at radius 1 is 1.30 bits per heavy atom. The van der Waals surface area contributed by atoms with Gasteiger partial charge in [0, 0.05) is 31.9 Å². The summed E-state index contributed by atoms with van der Waals surface area (Å²) in [5, 5.41) is 2.58. The van der Waals surface area contributed by atoms with Crippen LogP contribution < -0.4 is 10.2 Å². The highest BCUT2D eigenvalue weighted by atomic mass is 19.1. The number of carbonyl (C=O) groups excluding carboxylic acids is 1. The van der Waals surface area contributed by atoms with Crippen molar-refractivity contribution in [1.82, 2.24) is 15.3 Å². The molecule has 2 rings (SSSR count). The van der Waals surface area contributed by atoms with Crippen LogP contribution in [0.1, 0.15) is 11.4 Å². The molecule has 1 N–H and O–H groups in total. The van der Waals surface area contributed by atoms with Gasteiger partial charge in [0.25, 0.3) is 0 Å². The van der Waals surface area contributed by atoms with Crippen molar-refractivity contribution >= 4 is 17.8 Å². The van der Waals surface area contributed by atoms with E-state index in [4.69, 9.17) is 0 Å². The fourth-order valence-electron chi connectivity index (χ4n) is 1.76. The van der Waals surface area contributed by atoms with Crippen molar-refractivity contribution in [2.75, 3.05) is 19.0 Å². The van der Waals surface area contributed by atoms with E-state index in [0.29, 0.717) is 5.82 Å². The minimum Gasteiger partial charge on any atom is -0.363 e. The van der Waals surface area contributed by atoms with Crippen molar-refractivity contribution in [3.8, 4) is 0 Å². The molecule has 0 unspecified atom stereocenters. The number of halogens is 2. The smallest absolute Gasteiger partial charge is 0.244 e. The molecule has 1 heterocycles. The summed E-state index contributed by atoms with van der Waals surface area (Å²) in [5.74, 6) is -0.443. The molecular formula is C16H16F2N4O. The SMILES string of the molecule is CN(C)c1ccnc(CNC(=O)/C=C/c2cc(F)ccc2F)n1. The molecule has 1 aromatic carbocycles. The molecule has 0 aliphatic rings. The fraction of sp³-hybridized carbons (Fsp3) is 0.188. The predicted molar refractivity (Wildman–Crippen MR) is 83.6 cm³/mol. The molecule has 5 nitrogen and oxygen atoms in total. The molecule has 0 fully saturated rings. The Morgan fingerprint density at radius 3 is 2.83 bits per heavy atom. The maximum absolute atomic E-state index is 13.4. The minimum atomic E-state index is -0.600. The number of hydrogen-bond acceptors (Lipinski definition) is 4. The quantitative estimate of drug-likeness (QED) is 0.858. The van der Waals surface area contributed by atoms with Crippen molar-refractivity contribution in [1.29, 1.82) is 0 Å². The second-order valence-corrected chi connectivity index (χ2v) is 4.94. The number of aromatic nitrogens is 2. The molecule has 23 heavy (non-hydrogen) atoms. The number of nitrogens with zero attached hydrogens (tertiary/aromatic N) is 3. The zero-order valence-electron chi connectivity index (χ0n) is 12.8. The van der Waals surface area contributed by atoms with Gasteiger partial charge in [0.15, 0.2) is 0 Å². The summed E-state index contributed by atoms with van der Waals surface area (Å²) in [7, 11) is 3.70. The number of hydrogen-bond donors (Lipinski definition) is 1.